The van der Waals surface area contributed by atoms with Gasteiger partial charge in [0.1, 0.15) is 10.8 Å². The van der Waals surface area contributed by atoms with Gasteiger partial charge in [-0.1, -0.05) is 26.0 Å². The number of hydrogen-bond donors (Lipinski definition) is 1. The van der Waals surface area contributed by atoms with Crippen molar-refractivity contribution in [3.05, 3.63) is 40.9 Å². The van der Waals surface area contributed by atoms with Crippen LogP contribution in [0.25, 0.3) is 10.6 Å². The molecule has 146 valence electrons. The zero-order valence-electron chi connectivity index (χ0n) is 15.1. The molecule has 8 heteroatoms. The summed E-state index contributed by atoms with van der Waals surface area (Å²) in [7, 11) is 0. The molecule has 4 nitrogen and oxygen atoms in total. The molecule has 0 bridgehead atoms. The van der Waals surface area contributed by atoms with E-state index in [1.54, 1.807) is 26.2 Å². The second kappa shape index (κ2) is 7.80. The van der Waals surface area contributed by atoms with E-state index in [0.29, 0.717) is 16.3 Å². The van der Waals surface area contributed by atoms with Crippen molar-refractivity contribution in [1.29, 1.82) is 0 Å². The molecule has 2 aromatic rings. The Morgan fingerprint density at radius 1 is 1.19 bits per heavy atom. The first-order valence-corrected chi connectivity index (χ1v) is 9.18. The average molecular weight is 399 g/mol. The third-order valence-electron chi connectivity index (χ3n) is 4.72. The number of carbonyl (C=O) groups excluding carboxylic acids is 1. The Kier molecular flexibility index (Phi) is 6.09. The van der Waals surface area contributed by atoms with E-state index >= 15 is 0 Å². The van der Waals surface area contributed by atoms with Gasteiger partial charge in [0.25, 0.3) is 0 Å². The molecule has 0 fully saturated rings. The number of rotatable bonds is 7. The van der Waals surface area contributed by atoms with E-state index in [9.17, 15) is 27.9 Å². The van der Waals surface area contributed by atoms with Crippen LogP contribution < -0.4 is 0 Å². The molecule has 0 aliphatic heterocycles. The van der Waals surface area contributed by atoms with Crippen LogP contribution in [0.4, 0.5) is 13.2 Å². The first kappa shape index (κ1) is 21.1. The van der Waals surface area contributed by atoms with Gasteiger partial charge < -0.3 is 5.11 Å². The molecule has 1 atom stereocenters. The summed E-state index contributed by atoms with van der Waals surface area (Å²) in [5, 5.41) is 11.6. The second-order valence-corrected chi connectivity index (χ2v) is 7.85. The van der Waals surface area contributed by atoms with Crippen LogP contribution >= 0.6 is 11.3 Å². The van der Waals surface area contributed by atoms with E-state index in [0.717, 1.165) is 12.1 Å². The number of aromatic nitrogens is 1. The van der Waals surface area contributed by atoms with Crippen LogP contribution in [-0.4, -0.2) is 21.8 Å². The summed E-state index contributed by atoms with van der Waals surface area (Å²) >= 11 is 1.23. The number of aliphatic carboxylic acids is 1. The van der Waals surface area contributed by atoms with Gasteiger partial charge in [-0.15, -0.1) is 11.3 Å². The van der Waals surface area contributed by atoms with Crippen molar-refractivity contribution < 1.29 is 27.9 Å². The second-order valence-electron chi connectivity index (χ2n) is 6.99. The van der Waals surface area contributed by atoms with E-state index in [4.69, 9.17) is 0 Å². The number of ketones is 1. The van der Waals surface area contributed by atoms with Crippen molar-refractivity contribution in [2.75, 3.05) is 0 Å². The van der Waals surface area contributed by atoms with Gasteiger partial charge in [-0.3, -0.25) is 9.59 Å². The Morgan fingerprint density at radius 2 is 1.78 bits per heavy atom. The number of carboxylic acids is 1. The minimum atomic E-state index is -4.40. The van der Waals surface area contributed by atoms with Gasteiger partial charge in [-0.2, -0.15) is 13.2 Å². The lowest BCUT2D eigenvalue weighted by Crippen LogP contribution is -2.35. The van der Waals surface area contributed by atoms with E-state index in [1.807, 2.05) is 0 Å². The molecule has 0 amide bonds. The van der Waals surface area contributed by atoms with Gasteiger partial charge in [0.05, 0.1) is 16.7 Å². The number of carbonyl (C=O) groups is 2. The molecule has 1 aromatic heterocycles. The highest BCUT2D eigenvalue weighted by Gasteiger charge is 2.38. The van der Waals surface area contributed by atoms with Crippen LogP contribution in [0.5, 0.6) is 0 Å². The maximum atomic E-state index is 12.6. The molecule has 0 saturated heterocycles. The molecule has 0 aliphatic carbocycles. The van der Waals surface area contributed by atoms with E-state index in [1.165, 1.54) is 23.5 Å². The highest BCUT2D eigenvalue weighted by atomic mass is 32.1. The predicted molar refractivity (Wildman–Crippen MR) is 96.5 cm³/mol. The van der Waals surface area contributed by atoms with Crippen molar-refractivity contribution in [3.8, 4) is 10.6 Å². The molecule has 0 saturated carbocycles. The Morgan fingerprint density at radius 3 is 2.26 bits per heavy atom. The molecular formula is C19H20F3NO3S. The standard InChI is InChI=1S/C19H20F3NO3S/c1-11(2)18(3,17(25)26)9-15(24)8-14-10-27-16(23-14)12-4-6-13(7-5-12)19(20,21)22/h4-7,10-11H,8-9H2,1-3H3,(H,25,26). The van der Waals surface area contributed by atoms with Gasteiger partial charge in [0.2, 0.25) is 0 Å². The number of nitrogens with zero attached hydrogens (tertiary/aromatic N) is 1. The van der Waals surface area contributed by atoms with E-state index in [2.05, 4.69) is 4.98 Å². The van der Waals surface area contributed by atoms with Crippen molar-refractivity contribution in [2.24, 2.45) is 11.3 Å². The molecule has 1 aromatic carbocycles. The smallest absolute Gasteiger partial charge is 0.416 e. The van der Waals surface area contributed by atoms with Crippen LogP contribution in [0, 0.1) is 11.3 Å². The number of benzene rings is 1. The third-order valence-corrected chi connectivity index (χ3v) is 5.66. The lowest BCUT2D eigenvalue weighted by atomic mass is 9.75. The lowest BCUT2D eigenvalue weighted by molar-refractivity contribution is -0.153. The number of alkyl halides is 3. The first-order chi connectivity index (χ1) is 12.4. The fraction of sp³-hybridized carbons (Fsp3) is 0.421. The largest absolute Gasteiger partial charge is 0.481 e. The summed E-state index contributed by atoms with van der Waals surface area (Å²) in [4.78, 5) is 28.1. The minimum Gasteiger partial charge on any atom is -0.481 e. The Bertz CT molecular complexity index is 827. The number of Topliss-reactive ketones (excluding diaryl/α,β-unsaturated/α-hetero) is 1. The quantitative estimate of drug-likeness (QED) is 0.705. The van der Waals surface area contributed by atoms with Crippen LogP contribution in [0.2, 0.25) is 0 Å². The summed E-state index contributed by atoms with van der Waals surface area (Å²) < 4.78 is 37.9. The van der Waals surface area contributed by atoms with Crippen LogP contribution in [0.15, 0.2) is 29.6 Å². The number of halogens is 3. The van der Waals surface area contributed by atoms with Gasteiger partial charge in [0, 0.05) is 23.8 Å². The van der Waals surface area contributed by atoms with E-state index < -0.39 is 23.1 Å². The summed E-state index contributed by atoms with van der Waals surface area (Å²) in [5.74, 6) is -1.47. The molecule has 0 spiro atoms. The minimum absolute atomic E-state index is 0.00722. The van der Waals surface area contributed by atoms with Crippen LogP contribution in [-0.2, 0) is 22.2 Å². The highest BCUT2D eigenvalue weighted by Crippen LogP contribution is 2.33. The molecule has 0 radical (unpaired) electrons. The summed E-state index contributed by atoms with van der Waals surface area (Å²) in [5.41, 5.74) is -0.871. The van der Waals surface area contributed by atoms with Crippen molar-refractivity contribution in [2.45, 2.75) is 39.8 Å². The summed E-state index contributed by atoms with van der Waals surface area (Å²) in [6.07, 6.45) is -4.51. The third kappa shape index (κ3) is 4.94. The SMILES string of the molecule is CC(C)C(C)(CC(=O)Cc1csc(-c2ccc(C(F)(F)F)cc2)n1)C(=O)O. The fourth-order valence-corrected chi connectivity index (χ4v) is 3.35. The average Bonchev–Trinajstić information content (AvgIpc) is 3.02. The van der Waals surface area contributed by atoms with Crippen LogP contribution in [0.3, 0.4) is 0 Å². The molecule has 2 rings (SSSR count). The molecule has 1 unspecified atom stereocenters. The number of thiazole rings is 1. The molecule has 0 aliphatic rings. The van der Waals surface area contributed by atoms with Gasteiger partial charge in [0.15, 0.2) is 0 Å². The monoisotopic (exact) mass is 399 g/mol. The van der Waals surface area contributed by atoms with Crippen LogP contribution in [0.1, 0.15) is 38.4 Å². The Labute approximate surface area is 159 Å². The maximum absolute atomic E-state index is 12.6. The maximum Gasteiger partial charge on any atom is 0.416 e. The predicted octanol–water partition coefficient (Wildman–Crippen LogP) is 5.08. The zero-order valence-corrected chi connectivity index (χ0v) is 15.9. The van der Waals surface area contributed by atoms with Gasteiger partial charge in [-0.05, 0) is 25.0 Å². The number of hydrogen-bond acceptors (Lipinski definition) is 4. The first-order valence-electron chi connectivity index (χ1n) is 8.30. The summed E-state index contributed by atoms with van der Waals surface area (Å²) in [6, 6.07) is 4.66. The Balaban J connectivity index is 2.10. The van der Waals surface area contributed by atoms with Crippen molar-refractivity contribution >= 4 is 23.1 Å². The lowest BCUT2D eigenvalue weighted by Gasteiger charge is -2.28. The Hall–Kier alpha value is -2.22. The van der Waals surface area contributed by atoms with Crippen molar-refractivity contribution in [1.82, 2.24) is 4.98 Å². The van der Waals surface area contributed by atoms with Gasteiger partial charge >= 0.3 is 12.1 Å². The van der Waals surface area contributed by atoms with Crippen molar-refractivity contribution in [3.63, 3.8) is 0 Å². The molecule has 27 heavy (non-hydrogen) atoms. The zero-order chi connectivity index (χ0) is 20.4. The molecule has 1 heterocycles. The van der Waals surface area contributed by atoms with E-state index in [-0.39, 0.29) is 24.5 Å². The molecule has 1 N–H and O–H groups in total. The summed E-state index contributed by atoms with van der Waals surface area (Å²) in [6.45, 7) is 5.06. The number of carboxylic acid groups (broad SMARTS) is 1. The molecular weight excluding hydrogens is 379 g/mol. The highest BCUT2D eigenvalue weighted by molar-refractivity contribution is 7.13. The normalized spacial score (nSPS) is 14.2. The fourth-order valence-electron chi connectivity index (χ4n) is 2.52. The topological polar surface area (TPSA) is 67.3 Å². The van der Waals surface area contributed by atoms with Gasteiger partial charge in [-0.25, -0.2) is 4.98 Å².